The molecule has 0 bridgehead atoms. The number of benzene rings is 1. The van der Waals surface area contributed by atoms with E-state index in [9.17, 15) is 4.79 Å². The Labute approximate surface area is 171 Å². The number of ether oxygens (including phenoxy) is 1. The monoisotopic (exact) mass is 399 g/mol. The molecule has 1 aliphatic heterocycles. The van der Waals surface area contributed by atoms with Gasteiger partial charge in [0.25, 0.3) is 0 Å². The van der Waals surface area contributed by atoms with Crippen molar-refractivity contribution in [3.63, 3.8) is 0 Å². The minimum absolute atomic E-state index is 0.0385. The molecule has 2 heterocycles. The third-order valence-electron chi connectivity index (χ3n) is 5.85. The van der Waals surface area contributed by atoms with Gasteiger partial charge in [-0.1, -0.05) is 56.0 Å². The molecule has 1 saturated heterocycles. The molecule has 1 aliphatic carbocycles. The van der Waals surface area contributed by atoms with Gasteiger partial charge in [0.05, 0.1) is 18.8 Å². The molecule has 1 saturated carbocycles. The highest BCUT2D eigenvalue weighted by atomic mass is 32.1. The molecule has 150 valence electrons. The fraction of sp³-hybridized carbons (Fsp3) is 0.545. The molecule has 4 rings (SSSR count). The van der Waals surface area contributed by atoms with Crippen LogP contribution in [0, 0.1) is 0 Å². The summed E-state index contributed by atoms with van der Waals surface area (Å²) < 4.78 is 6.23. The second-order valence-corrected chi connectivity index (χ2v) is 8.86. The largest absolute Gasteiger partial charge is 0.372 e. The second kappa shape index (κ2) is 9.16. The molecule has 5 nitrogen and oxygen atoms in total. The zero-order valence-electron chi connectivity index (χ0n) is 16.3. The Morgan fingerprint density at radius 3 is 2.71 bits per heavy atom. The minimum atomic E-state index is -0.193. The van der Waals surface area contributed by atoms with Crippen LogP contribution in [0.4, 0.5) is 0 Å². The van der Waals surface area contributed by atoms with E-state index in [0.717, 1.165) is 43.1 Å². The number of hydrogen-bond acceptors (Lipinski definition) is 5. The first-order chi connectivity index (χ1) is 13.7. The first kappa shape index (κ1) is 19.6. The molecule has 1 aromatic carbocycles. The Hall–Kier alpha value is -1.76. The molecular weight excluding hydrogens is 370 g/mol. The lowest BCUT2D eigenvalue weighted by Gasteiger charge is -2.42. The van der Waals surface area contributed by atoms with Crippen LogP contribution in [-0.2, 0) is 9.53 Å². The Morgan fingerprint density at radius 1 is 1.21 bits per heavy atom. The molecule has 2 aromatic rings. The Morgan fingerprint density at radius 2 is 2.00 bits per heavy atom. The van der Waals surface area contributed by atoms with Crippen molar-refractivity contribution in [1.29, 1.82) is 0 Å². The van der Waals surface area contributed by atoms with Crippen molar-refractivity contribution in [3.8, 4) is 0 Å². The number of rotatable bonds is 5. The highest BCUT2D eigenvalue weighted by molar-refractivity contribution is 7.09. The average Bonchev–Trinajstić information content (AvgIpc) is 3.15. The van der Waals surface area contributed by atoms with Crippen molar-refractivity contribution in [2.24, 2.45) is 0 Å². The van der Waals surface area contributed by atoms with E-state index in [1.54, 1.807) is 17.5 Å². The summed E-state index contributed by atoms with van der Waals surface area (Å²) in [5, 5.41) is 6.09. The van der Waals surface area contributed by atoms with Crippen molar-refractivity contribution in [1.82, 2.24) is 15.2 Å². The number of nitrogens with one attached hydrogen (secondary N) is 1. The average molecular weight is 400 g/mol. The summed E-state index contributed by atoms with van der Waals surface area (Å²) in [4.78, 5) is 19.6. The van der Waals surface area contributed by atoms with Crippen LogP contribution >= 0.6 is 11.3 Å². The normalized spacial score (nSPS) is 21.1. The van der Waals surface area contributed by atoms with Gasteiger partial charge in [0, 0.05) is 24.7 Å². The highest BCUT2D eigenvalue weighted by Gasteiger charge is 2.37. The van der Waals surface area contributed by atoms with Crippen LogP contribution in [0.1, 0.15) is 55.1 Å². The molecule has 1 aromatic heterocycles. The summed E-state index contributed by atoms with van der Waals surface area (Å²) >= 11 is 1.57. The lowest BCUT2D eigenvalue weighted by atomic mass is 9.92. The van der Waals surface area contributed by atoms with Gasteiger partial charge in [-0.3, -0.25) is 9.69 Å². The first-order valence-electron chi connectivity index (χ1n) is 10.3. The number of carbonyl (C=O) groups is 1. The first-order valence-corrected chi connectivity index (χ1v) is 11.2. The summed E-state index contributed by atoms with van der Waals surface area (Å²) in [6, 6.07) is 9.88. The van der Waals surface area contributed by atoms with Gasteiger partial charge in [-0.25, -0.2) is 4.98 Å². The third-order valence-corrected chi connectivity index (χ3v) is 6.69. The number of thiazole rings is 1. The van der Waals surface area contributed by atoms with Crippen molar-refractivity contribution in [3.05, 3.63) is 52.5 Å². The van der Waals surface area contributed by atoms with E-state index < -0.39 is 0 Å². The van der Waals surface area contributed by atoms with Crippen LogP contribution in [0.3, 0.4) is 0 Å². The van der Waals surface area contributed by atoms with Crippen LogP contribution in [0.2, 0.25) is 0 Å². The van der Waals surface area contributed by atoms with E-state index in [4.69, 9.17) is 4.74 Å². The van der Waals surface area contributed by atoms with Crippen molar-refractivity contribution < 1.29 is 9.53 Å². The number of amides is 1. The van der Waals surface area contributed by atoms with E-state index in [2.05, 4.69) is 15.2 Å². The van der Waals surface area contributed by atoms with E-state index in [1.807, 2.05) is 35.7 Å². The predicted molar refractivity (Wildman–Crippen MR) is 111 cm³/mol. The summed E-state index contributed by atoms with van der Waals surface area (Å²) in [5.41, 5.74) is 1.02. The fourth-order valence-corrected chi connectivity index (χ4v) is 5.17. The molecule has 1 unspecified atom stereocenters. The van der Waals surface area contributed by atoms with Gasteiger partial charge in [0.15, 0.2) is 0 Å². The van der Waals surface area contributed by atoms with E-state index in [0.29, 0.717) is 6.54 Å². The standard InChI is InChI=1S/C22H29N3O2S/c26-19(16-25-13-14-27-22(17-25)10-6-1-2-7-11-22)24-20(21-23-12-15-28-21)18-8-4-3-5-9-18/h3-5,8-9,12,15,20H,1-2,6-7,10-11,13-14,16-17H2,(H,24,26). The lowest BCUT2D eigenvalue weighted by Crippen LogP contribution is -2.54. The maximum Gasteiger partial charge on any atom is 0.235 e. The molecule has 2 fully saturated rings. The summed E-state index contributed by atoms with van der Waals surface area (Å²) in [5.74, 6) is 0.0507. The van der Waals surface area contributed by atoms with Gasteiger partial charge in [0.1, 0.15) is 11.0 Å². The van der Waals surface area contributed by atoms with Gasteiger partial charge in [-0.15, -0.1) is 11.3 Å². The minimum Gasteiger partial charge on any atom is -0.372 e. The molecule has 1 spiro atoms. The van der Waals surface area contributed by atoms with Crippen molar-refractivity contribution in [2.45, 2.75) is 50.2 Å². The zero-order chi connectivity index (χ0) is 19.2. The van der Waals surface area contributed by atoms with Crippen molar-refractivity contribution >= 4 is 17.2 Å². The van der Waals surface area contributed by atoms with Crippen LogP contribution < -0.4 is 5.32 Å². The second-order valence-electron chi connectivity index (χ2n) is 7.94. The van der Waals surface area contributed by atoms with Gasteiger partial charge >= 0.3 is 0 Å². The van der Waals surface area contributed by atoms with Crippen LogP contribution in [0.25, 0.3) is 0 Å². The van der Waals surface area contributed by atoms with Gasteiger partial charge in [-0.2, -0.15) is 0 Å². The smallest absolute Gasteiger partial charge is 0.235 e. The lowest BCUT2D eigenvalue weighted by molar-refractivity contribution is -0.134. The maximum absolute atomic E-state index is 12.9. The van der Waals surface area contributed by atoms with Crippen LogP contribution in [0.5, 0.6) is 0 Å². The van der Waals surface area contributed by atoms with E-state index in [1.165, 1.54) is 25.7 Å². The summed E-state index contributed by atoms with van der Waals surface area (Å²) in [6.45, 7) is 2.83. The van der Waals surface area contributed by atoms with E-state index >= 15 is 0 Å². The summed E-state index contributed by atoms with van der Waals surface area (Å²) in [7, 11) is 0. The number of carbonyl (C=O) groups excluding carboxylic acids is 1. The topological polar surface area (TPSA) is 54.5 Å². The van der Waals surface area contributed by atoms with Crippen LogP contribution in [-0.4, -0.2) is 47.6 Å². The maximum atomic E-state index is 12.9. The molecule has 1 atom stereocenters. The molecule has 0 radical (unpaired) electrons. The van der Waals surface area contributed by atoms with Gasteiger partial charge in [-0.05, 0) is 18.4 Å². The number of nitrogens with zero attached hydrogens (tertiary/aromatic N) is 2. The van der Waals surface area contributed by atoms with Gasteiger partial charge < -0.3 is 10.1 Å². The van der Waals surface area contributed by atoms with E-state index in [-0.39, 0.29) is 17.6 Å². The molecular formula is C22H29N3O2S. The SMILES string of the molecule is O=C(CN1CCOC2(CCCCCC2)C1)NC(c1ccccc1)c1nccs1. The fourth-order valence-electron chi connectivity index (χ4n) is 4.45. The number of morpholine rings is 1. The number of hydrogen-bond donors (Lipinski definition) is 1. The predicted octanol–water partition coefficient (Wildman–Crippen LogP) is 3.77. The van der Waals surface area contributed by atoms with Gasteiger partial charge in [0.2, 0.25) is 5.91 Å². The highest BCUT2D eigenvalue weighted by Crippen LogP contribution is 2.33. The van der Waals surface area contributed by atoms with Crippen LogP contribution in [0.15, 0.2) is 41.9 Å². The van der Waals surface area contributed by atoms with Crippen molar-refractivity contribution in [2.75, 3.05) is 26.2 Å². The molecule has 2 aliphatic rings. The Kier molecular flexibility index (Phi) is 6.40. The Balaban J connectivity index is 1.41. The third kappa shape index (κ3) is 4.80. The zero-order valence-corrected chi connectivity index (χ0v) is 17.1. The number of aromatic nitrogens is 1. The Bertz CT molecular complexity index is 742. The molecule has 1 N–H and O–H groups in total. The molecule has 28 heavy (non-hydrogen) atoms. The summed E-state index contributed by atoms with van der Waals surface area (Å²) in [6.07, 6.45) is 9.12. The quantitative estimate of drug-likeness (QED) is 0.831. The molecule has 6 heteroatoms. The molecule has 1 amide bonds.